The van der Waals surface area contributed by atoms with Crippen molar-refractivity contribution in [2.75, 3.05) is 13.1 Å². The van der Waals surface area contributed by atoms with E-state index in [9.17, 15) is 9.18 Å². The molecule has 0 aliphatic carbocycles. The van der Waals surface area contributed by atoms with Crippen molar-refractivity contribution >= 4 is 5.78 Å². The molecule has 0 aromatic carbocycles. The first-order chi connectivity index (χ1) is 7.13. The maximum Gasteiger partial charge on any atom is 0.173 e. The largest absolute Gasteiger partial charge is 0.316 e. The molecule has 4 heteroatoms. The van der Waals surface area contributed by atoms with E-state index in [1.54, 1.807) is 0 Å². The summed E-state index contributed by atoms with van der Waals surface area (Å²) < 4.78 is 13.4. The van der Waals surface area contributed by atoms with E-state index in [4.69, 9.17) is 0 Å². The Kier molecular flexibility index (Phi) is 2.52. The van der Waals surface area contributed by atoms with Gasteiger partial charge >= 0.3 is 0 Å². The molecule has 1 aliphatic rings. The predicted octanol–water partition coefficient (Wildman–Crippen LogP) is 1.40. The number of pyridine rings is 1. The van der Waals surface area contributed by atoms with Gasteiger partial charge in [-0.1, -0.05) is 6.92 Å². The molecule has 1 aliphatic heterocycles. The molecule has 0 saturated carbocycles. The van der Waals surface area contributed by atoms with Crippen LogP contribution in [0.1, 0.15) is 23.7 Å². The maximum atomic E-state index is 13.4. The zero-order chi connectivity index (χ0) is 10.9. The highest BCUT2D eigenvalue weighted by molar-refractivity contribution is 6.00. The van der Waals surface area contributed by atoms with Gasteiger partial charge in [-0.3, -0.25) is 9.78 Å². The molecule has 1 aromatic rings. The van der Waals surface area contributed by atoms with Gasteiger partial charge in [-0.25, -0.2) is 4.39 Å². The summed E-state index contributed by atoms with van der Waals surface area (Å²) in [6.07, 6.45) is 3.29. The molecule has 15 heavy (non-hydrogen) atoms. The topological polar surface area (TPSA) is 42.0 Å². The molecule has 2 heterocycles. The zero-order valence-electron chi connectivity index (χ0n) is 8.59. The van der Waals surface area contributed by atoms with Crippen molar-refractivity contribution in [1.82, 2.24) is 10.3 Å². The minimum absolute atomic E-state index is 0.132. The first-order valence-corrected chi connectivity index (χ1v) is 4.98. The molecule has 0 amide bonds. The van der Waals surface area contributed by atoms with E-state index >= 15 is 0 Å². The second-order valence-electron chi connectivity index (χ2n) is 4.17. The van der Waals surface area contributed by atoms with Crippen LogP contribution in [-0.4, -0.2) is 23.9 Å². The molecule has 0 radical (unpaired) electrons. The van der Waals surface area contributed by atoms with Gasteiger partial charge in [0.15, 0.2) is 11.6 Å². The van der Waals surface area contributed by atoms with Crippen molar-refractivity contribution in [3.8, 4) is 0 Å². The van der Waals surface area contributed by atoms with E-state index in [1.807, 2.05) is 6.92 Å². The van der Waals surface area contributed by atoms with Crippen LogP contribution in [0.15, 0.2) is 18.5 Å². The van der Waals surface area contributed by atoms with Crippen molar-refractivity contribution in [2.45, 2.75) is 13.3 Å². The number of Topliss-reactive ketones (excluding diaryl/α,β-unsaturated/α-hetero) is 1. The number of nitrogens with one attached hydrogen (secondary N) is 1. The van der Waals surface area contributed by atoms with Gasteiger partial charge in [0, 0.05) is 18.2 Å². The third-order valence-electron chi connectivity index (χ3n) is 2.93. The minimum atomic E-state index is -0.532. The molecule has 1 saturated heterocycles. The second-order valence-corrected chi connectivity index (χ2v) is 4.17. The third kappa shape index (κ3) is 1.77. The average Bonchev–Trinajstić information content (AvgIpc) is 2.66. The van der Waals surface area contributed by atoms with Gasteiger partial charge in [-0.2, -0.15) is 0 Å². The van der Waals surface area contributed by atoms with Gasteiger partial charge in [-0.15, -0.1) is 0 Å². The van der Waals surface area contributed by atoms with Crippen LogP contribution < -0.4 is 5.32 Å². The molecule has 0 bridgehead atoms. The first kappa shape index (κ1) is 10.2. The van der Waals surface area contributed by atoms with Crippen molar-refractivity contribution in [3.05, 3.63) is 29.8 Å². The van der Waals surface area contributed by atoms with E-state index < -0.39 is 11.2 Å². The standard InChI is InChI=1S/C11H13FN2O/c1-11(3-5-14-7-11)10(15)8-2-4-13-6-9(8)12/h2,4,6,14H,3,5,7H2,1H3. The zero-order valence-corrected chi connectivity index (χ0v) is 8.59. The molecular weight excluding hydrogens is 195 g/mol. The minimum Gasteiger partial charge on any atom is -0.316 e. The quantitative estimate of drug-likeness (QED) is 0.747. The maximum absolute atomic E-state index is 13.4. The number of ketones is 1. The van der Waals surface area contributed by atoms with Crippen LogP contribution in [0.25, 0.3) is 0 Å². The van der Waals surface area contributed by atoms with Gasteiger partial charge in [-0.05, 0) is 19.0 Å². The number of nitrogens with zero attached hydrogens (tertiary/aromatic N) is 1. The number of aromatic nitrogens is 1. The summed E-state index contributed by atoms with van der Waals surface area (Å²) in [6, 6.07) is 1.45. The number of halogens is 1. The van der Waals surface area contributed by atoms with Crippen LogP contribution in [-0.2, 0) is 0 Å². The molecule has 1 unspecified atom stereocenters. The summed E-state index contributed by atoms with van der Waals surface area (Å²) in [7, 11) is 0. The highest BCUT2D eigenvalue weighted by atomic mass is 19.1. The Labute approximate surface area is 87.7 Å². The summed E-state index contributed by atoms with van der Waals surface area (Å²) in [5.74, 6) is -0.664. The first-order valence-electron chi connectivity index (χ1n) is 4.98. The van der Waals surface area contributed by atoms with E-state index in [1.165, 1.54) is 12.3 Å². The Hall–Kier alpha value is -1.29. The Morgan fingerprint density at radius 2 is 2.47 bits per heavy atom. The van der Waals surface area contributed by atoms with Crippen LogP contribution in [0.3, 0.4) is 0 Å². The number of hydrogen-bond donors (Lipinski definition) is 1. The lowest BCUT2D eigenvalue weighted by Crippen LogP contribution is -2.30. The van der Waals surface area contributed by atoms with Gasteiger partial charge in [0.2, 0.25) is 0 Å². The SMILES string of the molecule is CC1(C(=O)c2ccncc2F)CCNC1. The average molecular weight is 208 g/mol. The van der Waals surface area contributed by atoms with Crippen LogP contribution in [0.2, 0.25) is 0 Å². The lowest BCUT2D eigenvalue weighted by Gasteiger charge is -2.20. The fourth-order valence-electron chi connectivity index (χ4n) is 1.90. The van der Waals surface area contributed by atoms with Crippen molar-refractivity contribution in [1.29, 1.82) is 0 Å². The Balaban J connectivity index is 2.32. The lowest BCUT2D eigenvalue weighted by atomic mass is 9.82. The highest BCUT2D eigenvalue weighted by Crippen LogP contribution is 2.29. The van der Waals surface area contributed by atoms with Gasteiger partial charge in [0.25, 0.3) is 0 Å². The molecule has 1 atom stereocenters. The highest BCUT2D eigenvalue weighted by Gasteiger charge is 2.37. The fraction of sp³-hybridized carbons (Fsp3) is 0.455. The summed E-state index contributed by atoms with van der Waals surface area (Å²) in [6.45, 7) is 3.30. The second kappa shape index (κ2) is 3.70. The fourth-order valence-corrected chi connectivity index (χ4v) is 1.90. The number of carbonyl (C=O) groups is 1. The van der Waals surface area contributed by atoms with Crippen LogP contribution in [0.5, 0.6) is 0 Å². The molecule has 3 nitrogen and oxygen atoms in total. The molecule has 80 valence electrons. The summed E-state index contributed by atoms with van der Waals surface area (Å²) in [5, 5.41) is 3.12. The van der Waals surface area contributed by atoms with Crippen LogP contribution >= 0.6 is 0 Å². The van der Waals surface area contributed by atoms with Gasteiger partial charge in [0.05, 0.1) is 11.8 Å². The predicted molar refractivity (Wildman–Crippen MR) is 54.1 cm³/mol. The smallest absolute Gasteiger partial charge is 0.173 e. The number of rotatable bonds is 2. The van der Waals surface area contributed by atoms with Gasteiger partial charge < -0.3 is 5.32 Å². The van der Waals surface area contributed by atoms with Crippen molar-refractivity contribution in [3.63, 3.8) is 0 Å². The van der Waals surface area contributed by atoms with E-state index in [0.29, 0.717) is 6.54 Å². The monoisotopic (exact) mass is 208 g/mol. The molecular formula is C11H13FN2O. The number of carbonyl (C=O) groups excluding carboxylic acids is 1. The van der Waals surface area contributed by atoms with E-state index in [2.05, 4.69) is 10.3 Å². The van der Waals surface area contributed by atoms with Crippen LogP contribution in [0, 0.1) is 11.2 Å². The Morgan fingerprint density at radius 3 is 3.07 bits per heavy atom. The number of hydrogen-bond acceptors (Lipinski definition) is 3. The van der Waals surface area contributed by atoms with Crippen molar-refractivity contribution < 1.29 is 9.18 Å². The summed E-state index contributed by atoms with van der Waals surface area (Å²) in [4.78, 5) is 15.7. The third-order valence-corrected chi connectivity index (χ3v) is 2.93. The molecule has 1 N–H and O–H groups in total. The molecule has 1 aromatic heterocycles. The van der Waals surface area contributed by atoms with Crippen molar-refractivity contribution in [2.24, 2.45) is 5.41 Å². The Bertz CT molecular complexity index is 386. The van der Waals surface area contributed by atoms with E-state index in [0.717, 1.165) is 19.2 Å². The lowest BCUT2D eigenvalue weighted by molar-refractivity contribution is 0.0835. The molecule has 0 spiro atoms. The molecule has 1 fully saturated rings. The van der Waals surface area contributed by atoms with Crippen LogP contribution in [0.4, 0.5) is 4.39 Å². The normalized spacial score (nSPS) is 25.5. The summed E-state index contributed by atoms with van der Waals surface area (Å²) in [5.41, 5.74) is -0.321. The van der Waals surface area contributed by atoms with Gasteiger partial charge in [0.1, 0.15) is 0 Å². The summed E-state index contributed by atoms with van der Waals surface area (Å²) >= 11 is 0. The van der Waals surface area contributed by atoms with E-state index in [-0.39, 0.29) is 11.3 Å². The molecule has 2 rings (SSSR count). The Morgan fingerprint density at radius 1 is 1.67 bits per heavy atom.